The van der Waals surface area contributed by atoms with E-state index in [0.29, 0.717) is 36.0 Å². The maximum atomic E-state index is 13.2. The summed E-state index contributed by atoms with van der Waals surface area (Å²) in [6.07, 6.45) is 5.70. The van der Waals surface area contributed by atoms with Crippen LogP contribution in [-0.2, 0) is 9.53 Å². The van der Waals surface area contributed by atoms with Crippen LogP contribution in [0, 0.1) is 11.8 Å². The Labute approximate surface area is 201 Å². The standard InChI is InChI=1S/C25H36N4O5/c1-33-22-3-2-20(16-21(22)29-14-8-23(30)27-25(29)32)24(31)28-12-6-19(7-13-28)17-34-15-9-18-4-10-26-11-5-18/h2-3,16,18-19,26H,4-15,17H2,1H3,(H,27,30,32). The van der Waals surface area contributed by atoms with Crippen LogP contribution in [0.25, 0.3) is 0 Å². The number of nitrogens with zero attached hydrogens (tertiary/aromatic N) is 2. The second kappa shape index (κ2) is 11.7. The molecule has 0 bridgehead atoms. The number of urea groups is 1. The molecule has 0 saturated carbocycles. The molecule has 9 heteroatoms. The molecule has 34 heavy (non-hydrogen) atoms. The number of hydrogen-bond acceptors (Lipinski definition) is 6. The number of carbonyl (C=O) groups is 3. The number of amides is 4. The number of anilines is 1. The Bertz CT molecular complexity index is 878. The maximum absolute atomic E-state index is 13.2. The van der Waals surface area contributed by atoms with Gasteiger partial charge in [-0.05, 0) is 75.2 Å². The van der Waals surface area contributed by atoms with E-state index in [1.807, 2.05) is 4.90 Å². The number of hydrogen-bond donors (Lipinski definition) is 2. The molecular formula is C25H36N4O5. The zero-order chi connectivity index (χ0) is 23.9. The van der Waals surface area contributed by atoms with Crippen molar-refractivity contribution in [3.05, 3.63) is 23.8 Å². The van der Waals surface area contributed by atoms with Crippen molar-refractivity contribution >= 4 is 23.5 Å². The second-order valence-corrected chi connectivity index (χ2v) is 9.43. The Hall–Kier alpha value is -2.65. The van der Waals surface area contributed by atoms with E-state index >= 15 is 0 Å². The molecule has 0 aliphatic carbocycles. The van der Waals surface area contributed by atoms with Gasteiger partial charge in [0.2, 0.25) is 5.91 Å². The van der Waals surface area contributed by atoms with Crippen molar-refractivity contribution in [3.63, 3.8) is 0 Å². The van der Waals surface area contributed by atoms with Gasteiger partial charge in [-0.1, -0.05) is 0 Å². The summed E-state index contributed by atoms with van der Waals surface area (Å²) in [5.41, 5.74) is 1.01. The molecule has 3 fully saturated rings. The highest BCUT2D eigenvalue weighted by Crippen LogP contribution is 2.31. The third-order valence-electron chi connectivity index (χ3n) is 7.16. The van der Waals surface area contributed by atoms with Gasteiger partial charge in [0.05, 0.1) is 12.8 Å². The van der Waals surface area contributed by atoms with Gasteiger partial charge in [-0.25, -0.2) is 4.79 Å². The SMILES string of the molecule is COc1ccc(C(=O)N2CCC(COCCC3CCNCC3)CC2)cc1N1CCC(=O)NC1=O. The van der Waals surface area contributed by atoms with Gasteiger partial charge >= 0.3 is 6.03 Å². The lowest BCUT2D eigenvalue weighted by Crippen LogP contribution is -2.49. The molecule has 0 atom stereocenters. The second-order valence-electron chi connectivity index (χ2n) is 9.43. The first kappa shape index (κ1) is 24.5. The highest BCUT2D eigenvalue weighted by atomic mass is 16.5. The molecule has 3 heterocycles. The predicted molar refractivity (Wildman–Crippen MR) is 128 cm³/mol. The minimum Gasteiger partial charge on any atom is -0.495 e. The van der Waals surface area contributed by atoms with Gasteiger partial charge in [-0.2, -0.15) is 0 Å². The van der Waals surface area contributed by atoms with Crippen molar-refractivity contribution in [3.8, 4) is 5.75 Å². The molecule has 2 N–H and O–H groups in total. The summed E-state index contributed by atoms with van der Waals surface area (Å²) in [6, 6.07) is 4.62. The van der Waals surface area contributed by atoms with Crippen LogP contribution in [0.2, 0.25) is 0 Å². The number of benzene rings is 1. The fourth-order valence-electron chi connectivity index (χ4n) is 4.98. The van der Waals surface area contributed by atoms with Crippen LogP contribution >= 0.6 is 0 Å². The summed E-state index contributed by atoms with van der Waals surface area (Å²) in [4.78, 5) is 40.3. The predicted octanol–water partition coefficient (Wildman–Crippen LogP) is 2.40. The first-order chi connectivity index (χ1) is 16.5. The molecule has 0 aromatic heterocycles. The van der Waals surface area contributed by atoms with E-state index in [-0.39, 0.29) is 24.8 Å². The average molecular weight is 473 g/mol. The van der Waals surface area contributed by atoms with Crippen LogP contribution in [0.1, 0.15) is 48.9 Å². The number of imide groups is 1. The largest absolute Gasteiger partial charge is 0.495 e. The molecule has 1 aromatic carbocycles. The number of ether oxygens (including phenoxy) is 2. The minimum atomic E-state index is -0.500. The topological polar surface area (TPSA) is 100 Å². The van der Waals surface area contributed by atoms with Crippen molar-refractivity contribution < 1.29 is 23.9 Å². The monoisotopic (exact) mass is 472 g/mol. The van der Waals surface area contributed by atoms with E-state index in [9.17, 15) is 14.4 Å². The van der Waals surface area contributed by atoms with Crippen molar-refractivity contribution in [2.45, 2.75) is 38.5 Å². The third kappa shape index (κ3) is 6.07. The molecule has 3 saturated heterocycles. The Morgan fingerprint density at radius 1 is 1.06 bits per heavy atom. The number of carbonyl (C=O) groups excluding carboxylic acids is 3. The van der Waals surface area contributed by atoms with E-state index in [1.54, 1.807) is 18.2 Å². The highest BCUT2D eigenvalue weighted by Gasteiger charge is 2.29. The minimum absolute atomic E-state index is 0.0531. The molecule has 1 aromatic rings. The molecular weight excluding hydrogens is 436 g/mol. The van der Waals surface area contributed by atoms with E-state index in [0.717, 1.165) is 51.5 Å². The van der Waals surface area contributed by atoms with E-state index in [1.165, 1.54) is 24.9 Å². The molecule has 0 unspecified atom stereocenters. The summed E-state index contributed by atoms with van der Waals surface area (Å²) in [5, 5.41) is 5.72. The summed E-state index contributed by atoms with van der Waals surface area (Å²) >= 11 is 0. The van der Waals surface area contributed by atoms with Gasteiger partial charge in [-0.15, -0.1) is 0 Å². The Morgan fingerprint density at radius 2 is 1.82 bits per heavy atom. The van der Waals surface area contributed by atoms with Gasteiger partial charge in [0, 0.05) is 44.8 Å². The molecule has 4 rings (SSSR count). The summed E-state index contributed by atoms with van der Waals surface area (Å²) < 4.78 is 11.4. The third-order valence-corrected chi connectivity index (χ3v) is 7.16. The average Bonchev–Trinajstić information content (AvgIpc) is 2.87. The van der Waals surface area contributed by atoms with Crippen LogP contribution < -0.4 is 20.3 Å². The number of piperidine rings is 2. The number of methoxy groups -OCH3 is 1. The first-order valence-electron chi connectivity index (χ1n) is 12.4. The molecule has 186 valence electrons. The van der Waals surface area contributed by atoms with Gasteiger partial charge in [0.1, 0.15) is 5.75 Å². The number of rotatable bonds is 8. The molecule has 3 aliphatic heterocycles. The van der Waals surface area contributed by atoms with Gasteiger partial charge in [0.25, 0.3) is 5.91 Å². The zero-order valence-corrected chi connectivity index (χ0v) is 20.0. The summed E-state index contributed by atoms with van der Waals surface area (Å²) in [6.45, 7) is 5.48. The summed E-state index contributed by atoms with van der Waals surface area (Å²) in [5.74, 6) is 1.40. The van der Waals surface area contributed by atoms with Gasteiger partial charge < -0.3 is 19.7 Å². The fraction of sp³-hybridized carbons (Fsp3) is 0.640. The Morgan fingerprint density at radius 3 is 2.53 bits per heavy atom. The quantitative estimate of drug-likeness (QED) is 0.564. The molecule has 3 aliphatic rings. The van der Waals surface area contributed by atoms with Gasteiger partial charge in [-0.3, -0.25) is 19.8 Å². The molecule has 0 radical (unpaired) electrons. The van der Waals surface area contributed by atoms with Crippen molar-refractivity contribution in [1.82, 2.24) is 15.5 Å². The van der Waals surface area contributed by atoms with Gasteiger partial charge in [0.15, 0.2) is 0 Å². The zero-order valence-electron chi connectivity index (χ0n) is 20.0. The van der Waals surface area contributed by atoms with Crippen molar-refractivity contribution in [1.29, 1.82) is 0 Å². The smallest absolute Gasteiger partial charge is 0.328 e. The Kier molecular flexibility index (Phi) is 8.39. The van der Waals surface area contributed by atoms with Crippen LogP contribution in [-0.4, -0.2) is 75.8 Å². The molecule has 0 spiro atoms. The van der Waals surface area contributed by atoms with E-state index < -0.39 is 6.03 Å². The van der Waals surface area contributed by atoms with E-state index in [4.69, 9.17) is 9.47 Å². The maximum Gasteiger partial charge on any atom is 0.328 e. The summed E-state index contributed by atoms with van der Waals surface area (Å²) in [7, 11) is 1.52. The Balaban J connectivity index is 1.28. The van der Waals surface area contributed by atoms with Crippen molar-refractivity contribution in [2.75, 3.05) is 57.9 Å². The van der Waals surface area contributed by atoms with Crippen molar-refractivity contribution in [2.24, 2.45) is 11.8 Å². The lowest BCUT2D eigenvalue weighted by Gasteiger charge is -2.32. The lowest BCUT2D eigenvalue weighted by atomic mass is 9.95. The number of likely N-dealkylation sites (tertiary alicyclic amines) is 1. The molecule has 4 amide bonds. The lowest BCUT2D eigenvalue weighted by molar-refractivity contribution is -0.120. The van der Waals surface area contributed by atoms with Crippen LogP contribution in [0.5, 0.6) is 5.75 Å². The molecule has 9 nitrogen and oxygen atoms in total. The first-order valence-corrected chi connectivity index (χ1v) is 12.4. The van der Waals surface area contributed by atoms with Crippen LogP contribution in [0.3, 0.4) is 0 Å². The highest BCUT2D eigenvalue weighted by molar-refractivity contribution is 6.07. The van der Waals surface area contributed by atoms with Crippen LogP contribution in [0.4, 0.5) is 10.5 Å². The number of nitrogens with one attached hydrogen (secondary N) is 2. The van der Waals surface area contributed by atoms with Crippen LogP contribution in [0.15, 0.2) is 18.2 Å². The van der Waals surface area contributed by atoms with E-state index in [2.05, 4.69) is 10.6 Å². The fourth-order valence-corrected chi connectivity index (χ4v) is 4.98. The normalized spacial score (nSPS) is 20.4.